The normalized spacial score (nSPS) is 11.1. The van der Waals surface area contributed by atoms with Crippen LogP contribution in [0.25, 0.3) is 0 Å². The van der Waals surface area contributed by atoms with Gasteiger partial charge in [0.2, 0.25) is 0 Å². The highest BCUT2D eigenvalue weighted by atomic mass is 19.3. The number of rotatable bonds is 5. The summed E-state index contributed by atoms with van der Waals surface area (Å²) in [6.07, 6.45) is -1.11. The molecule has 5 nitrogen and oxygen atoms in total. The molecule has 1 amide bonds. The van der Waals surface area contributed by atoms with Crippen LogP contribution >= 0.6 is 0 Å². The van der Waals surface area contributed by atoms with Crippen molar-refractivity contribution in [3.05, 3.63) is 23.7 Å². The standard InChI is InChI=1S/C9H13F2N3O2/c1-14(5-8(10)11)4-7-6(2-3-16-7)9(15)13-12/h2-3,8H,4-5,12H2,1H3,(H,13,15). The largest absolute Gasteiger partial charge is 0.467 e. The van der Waals surface area contributed by atoms with Crippen molar-refractivity contribution in [1.29, 1.82) is 0 Å². The molecule has 0 saturated heterocycles. The van der Waals surface area contributed by atoms with E-state index in [4.69, 9.17) is 10.3 Å². The van der Waals surface area contributed by atoms with Crippen LogP contribution in [0.1, 0.15) is 16.1 Å². The molecule has 1 aromatic heterocycles. The molecular weight excluding hydrogens is 220 g/mol. The molecule has 1 heterocycles. The monoisotopic (exact) mass is 233 g/mol. The highest BCUT2D eigenvalue weighted by Gasteiger charge is 2.16. The highest BCUT2D eigenvalue weighted by Crippen LogP contribution is 2.13. The van der Waals surface area contributed by atoms with E-state index in [1.165, 1.54) is 24.3 Å². The summed E-state index contributed by atoms with van der Waals surface area (Å²) in [6.45, 7) is -0.259. The van der Waals surface area contributed by atoms with E-state index < -0.39 is 12.3 Å². The van der Waals surface area contributed by atoms with Crippen LogP contribution in [0, 0.1) is 0 Å². The lowest BCUT2D eigenvalue weighted by Gasteiger charge is -2.14. The highest BCUT2D eigenvalue weighted by molar-refractivity contribution is 5.94. The van der Waals surface area contributed by atoms with Crippen LogP contribution in [0.4, 0.5) is 8.78 Å². The molecule has 0 spiro atoms. The fourth-order valence-electron chi connectivity index (χ4n) is 1.29. The number of nitrogen functional groups attached to an aromatic ring is 1. The maximum atomic E-state index is 12.1. The summed E-state index contributed by atoms with van der Waals surface area (Å²) in [7, 11) is 1.51. The van der Waals surface area contributed by atoms with Crippen molar-refractivity contribution in [2.75, 3.05) is 13.6 Å². The summed E-state index contributed by atoms with van der Waals surface area (Å²) in [5.74, 6) is 4.77. The Morgan fingerprint density at radius 2 is 2.38 bits per heavy atom. The summed E-state index contributed by atoms with van der Waals surface area (Å²) >= 11 is 0. The van der Waals surface area contributed by atoms with Gasteiger partial charge in [0.1, 0.15) is 5.76 Å². The maximum Gasteiger partial charge on any atom is 0.268 e. The van der Waals surface area contributed by atoms with Crippen LogP contribution in [0.15, 0.2) is 16.7 Å². The van der Waals surface area contributed by atoms with Crippen LogP contribution in [-0.2, 0) is 6.54 Å². The van der Waals surface area contributed by atoms with Crippen molar-refractivity contribution in [3.63, 3.8) is 0 Å². The predicted octanol–water partition coefficient (Wildman–Crippen LogP) is 0.580. The van der Waals surface area contributed by atoms with E-state index in [9.17, 15) is 13.6 Å². The van der Waals surface area contributed by atoms with Gasteiger partial charge < -0.3 is 4.42 Å². The Balaban J connectivity index is 2.66. The predicted molar refractivity (Wildman–Crippen MR) is 52.7 cm³/mol. The van der Waals surface area contributed by atoms with E-state index in [1.54, 1.807) is 0 Å². The third-order valence-electron chi connectivity index (χ3n) is 1.98. The smallest absolute Gasteiger partial charge is 0.268 e. The number of nitrogens with two attached hydrogens (primary N) is 1. The Bertz CT molecular complexity index is 354. The summed E-state index contributed by atoms with van der Waals surface area (Å²) in [4.78, 5) is 12.6. The van der Waals surface area contributed by atoms with E-state index in [2.05, 4.69) is 0 Å². The van der Waals surface area contributed by atoms with Gasteiger partial charge in [0.15, 0.2) is 0 Å². The molecule has 7 heteroatoms. The topological polar surface area (TPSA) is 71.5 Å². The molecule has 0 atom stereocenters. The molecule has 0 radical (unpaired) electrons. The zero-order valence-corrected chi connectivity index (χ0v) is 8.74. The summed E-state index contributed by atoms with van der Waals surface area (Å²) in [5, 5.41) is 0. The number of carbonyl (C=O) groups excluding carboxylic acids is 1. The third kappa shape index (κ3) is 3.28. The molecule has 0 aliphatic carbocycles. The van der Waals surface area contributed by atoms with Gasteiger partial charge in [0.05, 0.1) is 24.9 Å². The van der Waals surface area contributed by atoms with Crippen LogP contribution < -0.4 is 11.3 Å². The van der Waals surface area contributed by atoms with Crippen molar-refractivity contribution < 1.29 is 18.0 Å². The minimum absolute atomic E-state index is 0.125. The van der Waals surface area contributed by atoms with Gasteiger partial charge in [-0.25, -0.2) is 14.6 Å². The lowest BCUT2D eigenvalue weighted by atomic mass is 10.2. The molecule has 0 unspecified atom stereocenters. The second kappa shape index (κ2) is 5.57. The Hall–Kier alpha value is -1.47. The Labute approximate surface area is 91.2 Å². The summed E-state index contributed by atoms with van der Waals surface area (Å²) in [6, 6.07) is 1.44. The van der Waals surface area contributed by atoms with Gasteiger partial charge >= 0.3 is 0 Å². The molecule has 1 rings (SSSR count). The first-order valence-corrected chi connectivity index (χ1v) is 4.58. The van der Waals surface area contributed by atoms with E-state index >= 15 is 0 Å². The fraction of sp³-hybridized carbons (Fsp3) is 0.444. The van der Waals surface area contributed by atoms with Gasteiger partial charge in [-0.15, -0.1) is 0 Å². The first kappa shape index (κ1) is 12.6. The van der Waals surface area contributed by atoms with Crippen LogP contribution in [0.3, 0.4) is 0 Å². The summed E-state index contributed by atoms with van der Waals surface area (Å²) in [5.41, 5.74) is 2.21. The number of nitrogens with zero attached hydrogens (tertiary/aromatic N) is 1. The van der Waals surface area contributed by atoms with E-state index in [-0.39, 0.29) is 18.7 Å². The molecule has 0 aliphatic heterocycles. The van der Waals surface area contributed by atoms with E-state index in [0.29, 0.717) is 5.76 Å². The molecule has 3 N–H and O–H groups in total. The van der Waals surface area contributed by atoms with Crippen molar-refractivity contribution in [3.8, 4) is 0 Å². The Morgan fingerprint density at radius 1 is 1.69 bits per heavy atom. The maximum absolute atomic E-state index is 12.1. The minimum Gasteiger partial charge on any atom is -0.467 e. The molecule has 0 fully saturated rings. The quantitative estimate of drug-likeness (QED) is 0.443. The number of hydrogen-bond donors (Lipinski definition) is 2. The van der Waals surface area contributed by atoms with Gasteiger partial charge in [0, 0.05) is 0 Å². The molecule has 0 aromatic carbocycles. The van der Waals surface area contributed by atoms with Gasteiger partial charge in [-0.2, -0.15) is 0 Å². The van der Waals surface area contributed by atoms with Crippen molar-refractivity contribution >= 4 is 5.91 Å². The van der Waals surface area contributed by atoms with Crippen molar-refractivity contribution in [1.82, 2.24) is 10.3 Å². The number of halogens is 2. The van der Waals surface area contributed by atoms with Gasteiger partial charge in [-0.1, -0.05) is 0 Å². The number of hydrogen-bond acceptors (Lipinski definition) is 4. The number of hydrazine groups is 1. The fourth-order valence-corrected chi connectivity index (χ4v) is 1.29. The van der Waals surface area contributed by atoms with Crippen molar-refractivity contribution in [2.45, 2.75) is 13.0 Å². The number of carbonyl (C=O) groups is 1. The number of alkyl halides is 2. The number of amides is 1. The second-order valence-corrected chi connectivity index (χ2v) is 3.32. The molecular formula is C9H13F2N3O2. The SMILES string of the molecule is CN(Cc1occc1C(=O)NN)CC(F)F. The van der Waals surface area contributed by atoms with Gasteiger partial charge in [-0.05, 0) is 13.1 Å². The lowest BCUT2D eigenvalue weighted by Crippen LogP contribution is -2.31. The molecule has 16 heavy (non-hydrogen) atoms. The first-order chi connectivity index (χ1) is 7.54. The summed E-state index contributed by atoms with van der Waals surface area (Å²) < 4.78 is 29.2. The van der Waals surface area contributed by atoms with Crippen LogP contribution in [0.2, 0.25) is 0 Å². The Kier molecular flexibility index (Phi) is 4.39. The van der Waals surface area contributed by atoms with Crippen molar-refractivity contribution in [2.24, 2.45) is 5.84 Å². The van der Waals surface area contributed by atoms with Crippen LogP contribution in [0.5, 0.6) is 0 Å². The second-order valence-electron chi connectivity index (χ2n) is 3.32. The minimum atomic E-state index is -2.42. The van der Waals surface area contributed by atoms with Gasteiger partial charge in [0.25, 0.3) is 12.3 Å². The zero-order valence-electron chi connectivity index (χ0n) is 8.74. The molecule has 0 bridgehead atoms. The average Bonchev–Trinajstić information content (AvgIpc) is 2.63. The third-order valence-corrected chi connectivity index (χ3v) is 1.98. The first-order valence-electron chi connectivity index (χ1n) is 4.58. The van der Waals surface area contributed by atoms with Crippen LogP contribution in [-0.4, -0.2) is 30.8 Å². The number of nitrogens with one attached hydrogen (secondary N) is 1. The molecule has 0 aliphatic rings. The van der Waals surface area contributed by atoms with E-state index in [0.717, 1.165) is 0 Å². The number of furan rings is 1. The lowest BCUT2D eigenvalue weighted by molar-refractivity contribution is 0.0922. The molecule has 90 valence electrons. The molecule has 1 aromatic rings. The van der Waals surface area contributed by atoms with Gasteiger partial charge in [-0.3, -0.25) is 15.1 Å². The zero-order chi connectivity index (χ0) is 12.1. The Morgan fingerprint density at radius 3 is 2.94 bits per heavy atom. The molecule has 0 saturated carbocycles. The average molecular weight is 233 g/mol. The van der Waals surface area contributed by atoms with E-state index in [1.807, 2.05) is 5.43 Å².